The fourth-order valence-electron chi connectivity index (χ4n) is 2.65. The van der Waals surface area contributed by atoms with E-state index in [2.05, 4.69) is 28.5 Å². The van der Waals surface area contributed by atoms with Crippen LogP contribution in [0, 0.1) is 0 Å². The van der Waals surface area contributed by atoms with Crippen molar-refractivity contribution in [1.82, 2.24) is 10.6 Å². The Morgan fingerprint density at radius 3 is 3.00 bits per heavy atom. The Morgan fingerprint density at radius 1 is 1.50 bits per heavy atom. The van der Waals surface area contributed by atoms with Gasteiger partial charge in [-0.1, -0.05) is 18.5 Å². The third-order valence-corrected chi connectivity index (χ3v) is 3.78. The van der Waals surface area contributed by atoms with Gasteiger partial charge in [0.05, 0.1) is 0 Å². The average molecular weight is 296 g/mol. The summed E-state index contributed by atoms with van der Waals surface area (Å²) in [6.45, 7) is 7.23. The highest BCUT2D eigenvalue weighted by atomic mass is 35.5. The van der Waals surface area contributed by atoms with E-state index in [-0.39, 0.29) is 11.9 Å². The number of nitrogens with one attached hydrogen (secondary N) is 2. The highest BCUT2D eigenvalue weighted by Gasteiger charge is 2.24. The minimum Gasteiger partial charge on any atom is -0.369 e. The summed E-state index contributed by atoms with van der Waals surface area (Å²) in [7, 11) is 0. The molecule has 0 bridgehead atoms. The molecular formula is C15H22ClN3O. The summed E-state index contributed by atoms with van der Waals surface area (Å²) in [5.41, 5.74) is 2.42. The lowest BCUT2D eigenvalue weighted by atomic mass is 10.1. The average Bonchev–Trinajstić information content (AvgIpc) is 2.83. The van der Waals surface area contributed by atoms with Crippen LogP contribution in [-0.2, 0) is 11.3 Å². The first-order chi connectivity index (χ1) is 9.60. The number of carbonyl (C=O) groups is 1. The second kappa shape index (κ2) is 6.95. The zero-order chi connectivity index (χ0) is 14.5. The molecule has 110 valence electrons. The number of halogens is 1. The van der Waals surface area contributed by atoms with Crippen LogP contribution in [0.3, 0.4) is 0 Å². The molecule has 2 N–H and O–H groups in total. The predicted octanol–water partition coefficient (Wildman–Crippen LogP) is 2.16. The van der Waals surface area contributed by atoms with Crippen LogP contribution in [0.25, 0.3) is 0 Å². The number of amides is 1. The first-order valence-corrected chi connectivity index (χ1v) is 7.49. The molecule has 1 aromatic carbocycles. The molecule has 1 amide bonds. The van der Waals surface area contributed by atoms with Gasteiger partial charge in [0.2, 0.25) is 5.91 Å². The van der Waals surface area contributed by atoms with Crippen LogP contribution in [0.5, 0.6) is 0 Å². The molecule has 0 saturated carbocycles. The van der Waals surface area contributed by atoms with Crippen molar-refractivity contribution in [3.05, 3.63) is 28.8 Å². The van der Waals surface area contributed by atoms with Crippen LogP contribution in [0.1, 0.15) is 25.8 Å². The van der Waals surface area contributed by atoms with Crippen LogP contribution in [-0.4, -0.2) is 31.6 Å². The van der Waals surface area contributed by atoms with Crippen molar-refractivity contribution in [3.63, 3.8) is 0 Å². The van der Waals surface area contributed by atoms with E-state index in [1.165, 1.54) is 11.3 Å². The lowest BCUT2D eigenvalue weighted by Crippen LogP contribution is -2.35. The van der Waals surface area contributed by atoms with Crippen LogP contribution in [0.4, 0.5) is 5.69 Å². The Kier molecular flexibility index (Phi) is 5.26. The van der Waals surface area contributed by atoms with E-state index in [9.17, 15) is 4.79 Å². The molecule has 5 heteroatoms. The molecule has 1 heterocycles. The van der Waals surface area contributed by atoms with Gasteiger partial charge >= 0.3 is 0 Å². The molecule has 1 fully saturated rings. The van der Waals surface area contributed by atoms with Crippen LogP contribution >= 0.6 is 11.6 Å². The molecule has 2 rings (SSSR count). The summed E-state index contributed by atoms with van der Waals surface area (Å²) in [6.07, 6.45) is 0.989. The summed E-state index contributed by atoms with van der Waals surface area (Å²) in [5, 5.41) is 7.10. The van der Waals surface area contributed by atoms with Crippen molar-refractivity contribution in [2.24, 2.45) is 0 Å². The Morgan fingerprint density at radius 2 is 2.30 bits per heavy atom. The van der Waals surface area contributed by atoms with Crippen LogP contribution < -0.4 is 15.5 Å². The number of nitrogens with zero attached hydrogens (tertiary/aromatic N) is 1. The zero-order valence-corrected chi connectivity index (χ0v) is 12.8. The molecule has 1 aliphatic rings. The summed E-state index contributed by atoms with van der Waals surface area (Å²) < 4.78 is 0. The molecule has 1 aromatic rings. The van der Waals surface area contributed by atoms with Gasteiger partial charge in [-0.05, 0) is 36.7 Å². The third-order valence-electron chi connectivity index (χ3n) is 3.54. The molecule has 0 spiro atoms. The number of rotatable bonds is 5. The van der Waals surface area contributed by atoms with Crippen molar-refractivity contribution in [2.75, 3.05) is 24.5 Å². The van der Waals surface area contributed by atoms with Crippen molar-refractivity contribution in [2.45, 2.75) is 32.9 Å². The minimum atomic E-state index is 0.0424. The fourth-order valence-corrected chi connectivity index (χ4v) is 2.84. The van der Waals surface area contributed by atoms with E-state index in [1.807, 2.05) is 12.1 Å². The molecule has 0 aliphatic carbocycles. The topological polar surface area (TPSA) is 44.4 Å². The largest absolute Gasteiger partial charge is 0.369 e. The monoisotopic (exact) mass is 295 g/mol. The maximum Gasteiger partial charge on any atom is 0.217 e. The van der Waals surface area contributed by atoms with Gasteiger partial charge in [0, 0.05) is 43.3 Å². The highest BCUT2D eigenvalue weighted by Crippen LogP contribution is 2.27. The van der Waals surface area contributed by atoms with Crippen molar-refractivity contribution in [3.8, 4) is 0 Å². The van der Waals surface area contributed by atoms with Gasteiger partial charge < -0.3 is 15.5 Å². The number of carbonyl (C=O) groups excluding carboxylic acids is 1. The minimum absolute atomic E-state index is 0.0424. The molecule has 1 atom stereocenters. The summed E-state index contributed by atoms with van der Waals surface area (Å²) in [5.74, 6) is 0.0424. The zero-order valence-electron chi connectivity index (χ0n) is 12.1. The highest BCUT2D eigenvalue weighted by molar-refractivity contribution is 6.30. The predicted molar refractivity (Wildman–Crippen MR) is 83.3 cm³/mol. The second-order valence-electron chi connectivity index (χ2n) is 5.19. The molecular weight excluding hydrogens is 274 g/mol. The lowest BCUT2D eigenvalue weighted by molar-refractivity contribution is -0.119. The van der Waals surface area contributed by atoms with Crippen molar-refractivity contribution >= 4 is 23.2 Å². The Hall–Kier alpha value is -1.26. The van der Waals surface area contributed by atoms with Gasteiger partial charge in [-0.3, -0.25) is 4.79 Å². The molecule has 20 heavy (non-hydrogen) atoms. The first kappa shape index (κ1) is 15.1. The normalized spacial score (nSPS) is 18.4. The third kappa shape index (κ3) is 3.87. The van der Waals surface area contributed by atoms with E-state index in [4.69, 9.17) is 11.6 Å². The maximum absolute atomic E-state index is 11.1. The smallest absolute Gasteiger partial charge is 0.217 e. The van der Waals surface area contributed by atoms with E-state index in [1.54, 1.807) is 6.92 Å². The Balaban J connectivity index is 2.10. The number of hydrogen-bond acceptors (Lipinski definition) is 3. The van der Waals surface area contributed by atoms with Gasteiger partial charge in [0.25, 0.3) is 0 Å². The maximum atomic E-state index is 11.1. The van der Waals surface area contributed by atoms with Crippen molar-refractivity contribution in [1.29, 1.82) is 0 Å². The summed E-state index contributed by atoms with van der Waals surface area (Å²) in [6, 6.07) is 6.27. The quantitative estimate of drug-likeness (QED) is 0.875. The van der Waals surface area contributed by atoms with E-state index < -0.39 is 0 Å². The van der Waals surface area contributed by atoms with Gasteiger partial charge in [-0.15, -0.1) is 0 Å². The van der Waals surface area contributed by atoms with Gasteiger partial charge in [-0.25, -0.2) is 0 Å². The van der Waals surface area contributed by atoms with Crippen LogP contribution in [0.15, 0.2) is 18.2 Å². The SMILES string of the molecule is CCNCc1cc(Cl)ccc1N1CCC(NC(C)=O)C1. The van der Waals surface area contributed by atoms with E-state index in [0.29, 0.717) is 0 Å². The van der Waals surface area contributed by atoms with Gasteiger partial charge in [-0.2, -0.15) is 0 Å². The van der Waals surface area contributed by atoms with E-state index >= 15 is 0 Å². The molecule has 1 aliphatic heterocycles. The van der Waals surface area contributed by atoms with E-state index in [0.717, 1.165) is 37.6 Å². The van der Waals surface area contributed by atoms with Crippen molar-refractivity contribution < 1.29 is 4.79 Å². The number of benzene rings is 1. The molecule has 1 saturated heterocycles. The second-order valence-corrected chi connectivity index (χ2v) is 5.62. The molecule has 1 unspecified atom stereocenters. The fraction of sp³-hybridized carbons (Fsp3) is 0.533. The first-order valence-electron chi connectivity index (χ1n) is 7.11. The standard InChI is InChI=1S/C15H22ClN3O/c1-3-17-9-12-8-13(16)4-5-15(12)19-7-6-14(10-19)18-11(2)20/h4-5,8,14,17H,3,6-7,9-10H2,1-2H3,(H,18,20). The Bertz CT molecular complexity index is 478. The summed E-state index contributed by atoms with van der Waals surface area (Å²) in [4.78, 5) is 13.5. The number of hydrogen-bond donors (Lipinski definition) is 2. The summed E-state index contributed by atoms with van der Waals surface area (Å²) >= 11 is 6.10. The van der Waals surface area contributed by atoms with Gasteiger partial charge in [0.15, 0.2) is 0 Å². The van der Waals surface area contributed by atoms with Gasteiger partial charge in [0.1, 0.15) is 0 Å². The lowest BCUT2D eigenvalue weighted by Gasteiger charge is -2.22. The van der Waals surface area contributed by atoms with Crippen LogP contribution in [0.2, 0.25) is 5.02 Å². The Labute approximate surface area is 125 Å². The molecule has 0 aromatic heterocycles. The molecule has 4 nitrogen and oxygen atoms in total. The molecule has 0 radical (unpaired) electrons. The number of anilines is 1.